The van der Waals surface area contributed by atoms with Gasteiger partial charge in [-0.15, -0.1) is 0 Å². The highest BCUT2D eigenvalue weighted by Crippen LogP contribution is 2.32. The SMILES string of the molecule is COC(=O)NCCO[C@@H](c1cc(F)ccc1C)C1CCCNC1. The zero-order valence-electron chi connectivity index (χ0n) is 13.7. The lowest BCUT2D eigenvalue weighted by atomic mass is 9.87. The smallest absolute Gasteiger partial charge is 0.406 e. The summed E-state index contributed by atoms with van der Waals surface area (Å²) in [5.74, 6) is 0.0398. The van der Waals surface area contributed by atoms with Gasteiger partial charge in [-0.1, -0.05) is 6.07 Å². The van der Waals surface area contributed by atoms with Crippen molar-refractivity contribution < 1.29 is 18.7 Å². The molecule has 1 aromatic carbocycles. The number of ether oxygens (including phenoxy) is 2. The molecule has 2 rings (SSSR count). The molecule has 0 aliphatic carbocycles. The van der Waals surface area contributed by atoms with E-state index in [-0.39, 0.29) is 11.9 Å². The van der Waals surface area contributed by atoms with E-state index in [2.05, 4.69) is 15.4 Å². The average Bonchev–Trinajstić information content (AvgIpc) is 2.58. The first-order chi connectivity index (χ1) is 11.1. The normalized spacial score (nSPS) is 19.2. The van der Waals surface area contributed by atoms with Crippen LogP contribution in [0.4, 0.5) is 9.18 Å². The van der Waals surface area contributed by atoms with Gasteiger partial charge in [0, 0.05) is 19.0 Å². The minimum Gasteiger partial charge on any atom is -0.453 e. The number of carbonyl (C=O) groups excluding carboxylic acids is 1. The molecular formula is C17H25FN2O3. The van der Waals surface area contributed by atoms with Crippen molar-refractivity contribution in [2.75, 3.05) is 33.4 Å². The Morgan fingerprint density at radius 3 is 3.04 bits per heavy atom. The van der Waals surface area contributed by atoms with Crippen LogP contribution in [0.1, 0.15) is 30.1 Å². The highest BCUT2D eigenvalue weighted by molar-refractivity contribution is 5.66. The van der Waals surface area contributed by atoms with Crippen molar-refractivity contribution in [3.05, 3.63) is 35.1 Å². The number of amides is 1. The van der Waals surface area contributed by atoms with Crippen LogP contribution in [0.25, 0.3) is 0 Å². The first-order valence-electron chi connectivity index (χ1n) is 8.02. The molecule has 1 aromatic rings. The largest absolute Gasteiger partial charge is 0.453 e. The van der Waals surface area contributed by atoms with Crippen molar-refractivity contribution in [1.82, 2.24) is 10.6 Å². The average molecular weight is 324 g/mol. The predicted octanol–water partition coefficient (Wildman–Crippen LogP) is 2.55. The number of aryl methyl sites for hydroxylation is 1. The standard InChI is InChI=1S/C17H25FN2O3/c1-12-5-6-14(18)10-15(12)16(13-4-3-7-19-11-13)23-9-8-20-17(21)22-2/h5-6,10,13,16,19H,3-4,7-9,11H2,1-2H3,(H,20,21)/t13?,16-/m1/s1. The Bertz CT molecular complexity index is 519. The maximum Gasteiger partial charge on any atom is 0.406 e. The fraction of sp³-hybridized carbons (Fsp3) is 0.588. The minimum atomic E-state index is -0.480. The van der Waals surface area contributed by atoms with Gasteiger partial charge in [-0.05, 0) is 49.6 Å². The van der Waals surface area contributed by atoms with Gasteiger partial charge in [0.25, 0.3) is 0 Å². The number of methoxy groups -OCH3 is 1. The topological polar surface area (TPSA) is 59.6 Å². The molecule has 2 N–H and O–H groups in total. The van der Waals surface area contributed by atoms with Crippen LogP contribution < -0.4 is 10.6 Å². The van der Waals surface area contributed by atoms with Gasteiger partial charge in [0.1, 0.15) is 5.82 Å². The third-order valence-corrected chi connectivity index (χ3v) is 4.17. The zero-order valence-corrected chi connectivity index (χ0v) is 13.7. The van der Waals surface area contributed by atoms with E-state index in [0.29, 0.717) is 19.1 Å². The van der Waals surface area contributed by atoms with Crippen LogP contribution in [0.2, 0.25) is 0 Å². The highest BCUT2D eigenvalue weighted by atomic mass is 19.1. The summed E-state index contributed by atoms with van der Waals surface area (Å²) in [5.41, 5.74) is 1.90. The first kappa shape index (κ1) is 17.7. The fourth-order valence-electron chi connectivity index (χ4n) is 2.95. The molecule has 6 heteroatoms. The molecule has 1 aliphatic rings. The Labute approximate surface area is 136 Å². The summed E-state index contributed by atoms with van der Waals surface area (Å²) < 4.78 is 24.2. The van der Waals surface area contributed by atoms with Crippen LogP contribution in [-0.4, -0.2) is 39.4 Å². The molecule has 1 saturated heterocycles. The van der Waals surface area contributed by atoms with E-state index in [4.69, 9.17) is 4.74 Å². The van der Waals surface area contributed by atoms with Gasteiger partial charge in [0.15, 0.2) is 0 Å². The van der Waals surface area contributed by atoms with Crippen molar-refractivity contribution in [3.63, 3.8) is 0 Å². The number of alkyl carbamates (subject to hydrolysis) is 1. The van der Waals surface area contributed by atoms with E-state index in [1.54, 1.807) is 12.1 Å². The maximum absolute atomic E-state index is 13.7. The maximum atomic E-state index is 13.7. The van der Waals surface area contributed by atoms with E-state index in [1.165, 1.54) is 13.2 Å². The van der Waals surface area contributed by atoms with Gasteiger partial charge < -0.3 is 20.1 Å². The summed E-state index contributed by atoms with van der Waals surface area (Å²) in [4.78, 5) is 11.1. The molecule has 1 fully saturated rings. The van der Waals surface area contributed by atoms with Crippen LogP contribution in [0.5, 0.6) is 0 Å². The molecule has 1 aliphatic heterocycles. The third kappa shape index (κ3) is 5.18. The molecule has 5 nitrogen and oxygen atoms in total. The molecule has 1 amide bonds. The number of nitrogens with one attached hydrogen (secondary N) is 2. The van der Waals surface area contributed by atoms with E-state index in [9.17, 15) is 9.18 Å². The third-order valence-electron chi connectivity index (χ3n) is 4.17. The second-order valence-corrected chi connectivity index (χ2v) is 5.82. The van der Waals surface area contributed by atoms with Gasteiger partial charge in [-0.25, -0.2) is 9.18 Å². The first-order valence-corrected chi connectivity index (χ1v) is 8.02. The number of piperidine rings is 1. The number of carbonyl (C=O) groups is 1. The summed E-state index contributed by atoms with van der Waals surface area (Å²) in [6.07, 6.45) is 1.46. The molecule has 1 heterocycles. The number of hydrogen-bond acceptors (Lipinski definition) is 4. The molecule has 128 valence electrons. The van der Waals surface area contributed by atoms with Crippen molar-refractivity contribution in [1.29, 1.82) is 0 Å². The van der Waals surface area contributed by atoms with Crippen molar-refractivity contribution in [2.24, 2.45) is 5.92 Å². The highest BCUT2D eigenvalue weighted by Gasteiger charge is 2.27. The molecule has 0 spiro atoms. The van der Waals surface area contributed by atoms with Crippen molar-refractivity contribution in [3.8, 4) is 0 Å². The van der Waals surface area contributed by atoms with Gasteiger partial charge in [-0.3, -0.25) is 0 Å². The Hall–Kier alpha value is -1.66. The number of benzene rings is 1. The Morgan fingerprint density at radius 1 is 1.52 bits per heavy atom. The lowest BCUT2D eigenvalue weighted by Gasteiger charge is -2.32. The van der Waals surface area contributed by atoms with E-state index in [1.807, 2.05) is 6.92 Å². The molecule has 1 unspecified atom stereocenters. The Morgan fingerprint density at radius 2 is 2.35 bits per heavy atom. The molecule has 0 aromatic heterocycles. The van der Waals surface area contributed by atoms with Gasteiger partial charge in [0.05, 0.1) is 19.8 Å². The number of rotatable bonds is 6. The lowest BCUT2D eigenvalue weighted by Crippen LogP contribution is -2.35. The van der Waals surface area contributed by atoms with Crippen LogP contribution in [0, 0.1) is 18.7 Å². The van der Waals surface area contributed by atoms with Crippen LogP contribution in [-0.2, 0) is 9.47 Å². The Kier molecular flexibility index (Phi) is 6.80. The predicted molar refractivity (Wildman–Crippen MR) is 85.8 cm³/mol. The molecule has 0 bridgehead atoms. The summed E-state index contributed by atoms with van der Waals surface area (Å²) in [7, 11) is 1.32. The summed E-state index contributed by atoms with van der Waals surface area (Å²) in [6.45, 7) is 4.54. The van der Waals surface area contributed by atoms with E-state index in [0.717, 1.165) is 37.1 Å². The molecule has 23 heavy (non-hydrogen) atoms. The molecular weight excluding hydrogens is 299 g/mol. The van der Waals surface area contributed by atoms with E-state index < -0.39 is 6.09 Å². The summed E-state index contributed by atoms with van der Waals surface area (Å²) in [6, 6.07) is 4.81. The fourth-order valence-corrected chi connectivity index (χ4v) is 2.95. The minimum absolute atomic E-state index is 0.182. The molecule has 0 saturated carbocycles. The van der Waals surface area contributed by atoms with Gasteiger partial charge in [0.2, 0.25) is 0 Å². The monoisotopic (exact) mass is 324 g/mol. The lowest BCUT2D eigenvalue weighted by molar-refractivity contribution is 0.00419. The van der Waals surface area contributed by atoms with Gasteiger partial charge >= 0.3 is 6.09 Å². The molecule has 0 radical (unpaired) electrons. The van der Waals surface area contributed by atoms with E-state index >= 15 is 0 Å². The zero-order chi connectivity index (χ0) is 16.7. The summed E-state index contributed by atoms with van der Waals surface area (Å²) >= 11 is 0. The Balaban J connectivity index is 2.05. The number of hydrogen-bond donors (Lipinski definition) is 2. The van der Waals surface area contributed by atoms with Crippen molar-refractivity contribution in [2.45, 2.75) is 25.9 Å². The quantitative estimate of drug-likeness (QED) is 0.790. The van der Waals surface area contributed by atoms with Gasteiger partial charge in [-0.2, -0.15) is 0 Å². The second kappa shape index (κ2) is 8.84. The van der Waals surface area contributed by atoms with Crippen LogP contribution in [0.3, 0.4) is 0 Å². The summed E-state index contributed by atoms with van der Waals surface area (Å²) in [5, 5.41) is 5.97. The van der Waals surface area contributed by atoms with Crippen LogP contribution >= 0.6 is 0 Å². The van der Waals surface area contributed by atoms with Crippen molar-refractivity contribution >= 4 is 6.09 Å². The molecule has 2 atom stereocenters. The van der Waals surface area contributed by atoms with Crippen LogP contribution in [0.15, 0.2) is 18.2 Å². The number of halogens is 1. The second-order valence-electron chi connectivity index (χ2n) is 5.82.